The van der Waals surface area contributed by atoms with Gasteiger partial charge in [0.2, 0.25) is 0 Å². The first-order valence-corrected chi connectivity index (χ1v) is 5.74. The molecule has 0 amide bonds. The molecule has 1 atom stereocenters. The summed E-state index contributed by atoms with van der Waals surface area (Å²) in [7, 11) is -0.750. The molecule has 0 aliphatic rings. The summed E-state index contributed by atoms with van der Waals surface area (Å²) in [5.41, 5.74) is 0.926. The van der Waals surface area contributed by atoms with Crippen LogP contribution in [0.15, 0.2) is 12.4 Å². The fraction of sp³-hybridized carbons (Fsp3) is 0.500. The van der Waals surface area contributed by atoms with Crippen LogP contribution >= 0.6 is 0 Å². The maximum atomic E-state index is 10.7. The molecule has 0 fully saturated rings. The van der Waals surface area contributed by atoms with Crippen molar-refractivity contribution in [3.8, 4) is 0 Å². The molecule has 5 heteroatoms. The Balaban J connectivity index is 2.41. The monoisotopic (exact) mass is 199 g/mol. The molecule has 72 valence electrons. The summed E-state index contributed by atoms with van der Waals surface area (Å²) in [6.07, 6.45) is 3.20. The van der Waals surface area contributed by atoms with Crippen LogP contribution in [0.3, 0.4) is 0 Å². The molecule has 1 unspecified atom stereocenters. The third kappa shape index (κ3) is 3.98. The fourth-order valence-corrected chi connectivity index (χ4v) is 1.26. The summed E-state index contributed by atoms with van der Waals surface area (Å²) in [5, 5.41) is 3.07. The highest BCUT2D eigenvalue weighted by Gasteiger charge is 1.94. The van der Waals surface area contributed by atoms with Gasteiger partial charge in [-0.05, 0) is 6.92 Å². The minimum atomic E-state index is -0.750. The largest absolute Gasteiger partial charge is 0.369 e. The summed E-state index contributed by atoms with van der Waals surface area (Å²) in [4.78, 5) is 7.99. The summed E-state index contributed by atoms with van der Waals surface area (Å²) >= 11 is 0. The van der Waals surface area contributed by atoms with Crippen LogP contribution in [0.25, 0.3) is 0 Å². The molecule has 0 radical (unpaired) electrons. The van der Waals surface area contributed by atoms with Crippen molar-refractivity contribution in [2.75, 3.05) is 23.9 Å². The number of anilines is 1. The van der Waals surface area contributed by atoms with E-state index in [-0.39, 0.29) is 0 Å². The quantitative estimate of drug-likeness (QED) is 0.770. The Morgan fingerprint density at radius 1 is 1.54 bits per heavy atom. The SMILES string of the molecule is Cc1cc(NCCS(C)=O)ncn1. The van der Waals surface area contributed by atoms with Crippen LogP contribution in [-0.2, 0) is 10.8 Å². The maximum Gasteiger partial charge on any atom is 0.129 e. The van der Waals surface area contributed by atoms with Crippen molar-refractivity contribution in [3.05, 3.63) is 18.1 Å². The summed E-state index contributed by atoms with van der Waals surface area (Å²) < 4.78 is 10.7. The van der Waals surface area contributed by atoms with Gasteiger partial charge in [0.1, 0.15) is 12.1 Å². The molecule has 0 bridgehead atoms. The molecule has 0 aliphatic carbocycles. The number of aryl methyl sites for hydroxylation is 1. The minimum Gasteiger partial charge on any atom is -0.369 e. The lowest BCUT2D eigenvalue weighted by atomic mass is 10.4. The third-order valence-corrected chi connectivity index (χ3v) is 2.28. The topological polar surface area (TPSA) is 54.9 Å². The molecule has 1 heterocycles. The summed E-state index contributed by atoms with van der Waals surface area (Å²) in [6.45, 7) is 2.59. The molecule has 1 N–H and O–H groups in total. The van der Waals surface area contributed by atoms with E-state index >= 15 is 0 Å². The Morgan fingerprint density at radius 3 is 2.92 bits per heavy atom. The molecule has 1 aromatic heterocycles. The van der Waals surface area contributed by atoms with Gasteiger partial charge in [-0.2, -0.15) is 0 Å². The smallest absolute Gasteiger partial charge is 0.129 e. The van der Waals surface area contributed by atoms with Gasteiger partial charge in [-0.3, -0.25) is 4.21 Å². The number of hydrogen-bond acceptors (Lipinski definition) is 4. The van der Waals surface area contributed by atoms with Crippen molar-refractivity contribution < 1.29 is 4.21 Å². The van der Waals surface area contributed by atoms with Crippen molar-refractivity contribution in [3.63, 3.8) is 0 Å². The maximum absolute atomic E-state index is 10.7. The lowest BCUT2D eigenvalue weighted by molar-refractivity contribution is 0.687. The van der Waals surface area contributed by atoms with Crippen molar-refractivity contribution in [2.45, 2.75) is 6.92 Å². The second-order valence-corrected chi connectivity index (χ2v) is 4.30. The molecular formula is C8H13N3OS. The second kappa shape index (κ2) is 4.91. The van der Waals surface area contributed by atoms with E-state index in [1.54, 1.807) is 6.26 Å². The predicted molar refractivity (Wildman–Crippen MR) is 54.2 cm³/mol. The van der Waals surface area contributed by atoms with E-state index in [0.29, 0.717) is 12.3 Å². The van der Waals surface area contributed by atoms with Crippen LogP contribution in [0.1, 0.15) is 5.69 Å². The molecular weight excluding hydrogens is 186 g/mol. The Hall–Kier alpha value is -0.970. The van der Waals surface area contributed by atoms with E-state index in [2.05, 4.69) is 15.3 Å². The van der Waals surface area contributed by atoms with E-state index in [1.165, 1.54) is 6.33 Å². The van der Waals surface area contributed by atoms with Crippen molar-refractivity contribution in [1.82, 2.24) is 9.97 Å². The van der Waals surface area contributed by atoms with Gasteiger partial charge in [0.05, 0.1) is 0 Å². The molecule has 0 aromatic carbocycles. The van der Waals surface area contributed by atoms with Crippen molar-refractivity contribution in [2.24, 2.45) is 0 Å². The van der Waals surface area contributed by atoms with Gasteiger partial charge in [0.25, 0.3) is 0 Å². The molecule has 1 aromatic rings. The molecule has 1 rings (SSSR count). The fourth-order valence-electron chi connectivity index (χ4n) is 0.874. The Bertz CT molecular complexity index is 303. The van der Waals surface area contributed by atoms with E-state index in [0.717, 1.165) is 11.5 Å². The zero-order valence-electron chi connectivity index (χ0n) is 7.78. The average Bonchev–Trinajstić information content (AvgIpc) is 2.03. The van der Waals surface area contributed by atoms with Crippen molar-refractivity contribution >= 4 is 16.6 Å². The first-order valence-electron chi connectivity index (χ1n) is 4.01. The Labute approximate surface area is 80.3 Å². The van der Waals surface area contributed by atoms with Crippen LogP contribution in [0.2, 0.25) is 0 Å². The second-order valence-electron chi connectivity index (χ2n) is 2.75. The van der Waals surface area contributed by atoms with E-state index in [4.69, 9.17) is 0 Å². The summed E-state index contributed by atoms with van der Waals surface area (Å²) in [6, 6.07) is 1.86. The van der Waals surface area contributed by atoms with Gasteiger partial charge in [-0.1, -0.05) is 0 Å². The van der Waals surface area contributed by atoms with Crippen LogP contribution < -0.4 is 5.32 Å². The Kier molecular flexibility index (Phi) is 3.82. The lowest BCUT2D eigenvalue weighted by Crippen LogP contribution is -2.10. The standard InChI is InChI=1S/C8H13N3OS/c1-7-5-8(11-6-10-7)9-3-4-13(2)12/h5-6H,3-4H2,1-2H3,(H,9,10,11). The number of nitrogens with zero attached hydrogens (tertiary/aromatic N) is 2. The van der Waals surface area contributed by atoms with E-state index in [1.807, 2.05) is 13.0 Å². The van der Waals surface area contributed by atoms with Gasteiger partial charge in [-0.25, -0.2) is 9.97 Å². The molecule has 13 heavy (non-hydrogen) atoms. The zero-order valence-corrected chi connectivity index (χ0v) is 8.60. The zero-order chi connectivity index (χ0) is 9.68. The predicted octanol–water partition coefficient (Wildman–Crippen LogP) is 0.575. The van der Waals surface area contributed by atoms with Crippen LogP contribution in [0.4, 0.5) is 5.82 Å². The van der Waals surface area contributed by atoms with Gasteiger partial charge in [0, 0.05) is 41.1 Å². The lowest BCUT2D eigenvalue weighted by Gasteiger charge is -2.03. The number of hydrogen-bond donors (Lipinski definition) is 1. The molecule has 0 spiro atoms. The first kappa shape index (κ1) is 10.1. The minimum absolute atomic E-state index is 0.642. The Morgan fingerprint density at radius 2 is 2.31 bits per heavy atom. The molecule has 0 aliphatic heterocycles. The van der Waals surface area contributed by atoms with Gasteiger partial charge >= 0.3 is 0 Å². The highest BCUT2D eigenvalue weighted by Crippen LogP contribution is 2.01. The first-order chi connectivity index (χ1) is 6.18. The highest BCUT2D eigenvalue weighted by atomic mass is 32.2. The van der Waals surface area contributed by atoms with Crippen molar-refractivity contribution in [1.29, 1.82) is 0 Å². The number of aromatic nitrogens is 2. The summed E-state index contributed by atoms with van der Waals surface area (Å²) in [5.74, 6) is 1.43. The normalized spacial score (nSPS) is 12.5. The molecule has 4 nitrogen and oxygen atoms in total. The number of nitrogens with one attached hydrogen (secondary N) is 1. The average molecular weight is 199 g/mol. The number of rotatable bonds is 4. The third-order valence-electron chi connectivity index (χ3n) is 1.50. The van der Waals surface area contributed by atoms with E-state index < -0.39 is 10.8 Å². The van der Waals surface area contributed by atoms with Gasteiger partial charge < -0.3 is 5.32 Å². The highest BCUT2D eigenvalue weighted by molar-refractivity contribution is 7.84. The molecule has 0 saturated heterocycles. The van der Waals surface area contributed by atoms with Gasteiger partial charge in [0.15, 0.2) is 0 Å². The van der Waals surface area contributed by atoms with E-state index in [9.17, 15) is 4.21 Å². The molecule has 0 saturated carbocycles. The van der Waals surface area contributed by atoms with Crippen LogP contribution in [0.5, 0.6) is 0 Å². The van der Waals surface area contributed by atoms with Crippen LogP contribution in [-0.4, -0.2) is 32.7 Å². The van der Waals surface area contributed by atoms with Crippen LogP contribution in [0, 0.1) is 6.92 Å². The van der Waals surface area contributed by atoms with Gasteiger partial charge in [-0.15, -0.1) is 0 Å².